The van der Waals surface area contributed by atoms with E-state index >= 15 is 0 Å². The van der Waals surface area contributed by atoms with Gasteiger partial charge in [0.05, 0.1) is 28.3 Å². The molecule has 1 saturated heterocycles. The van der Waals surface area contributed by atoms with Crippen LogP contribution in [0.4, 0.5) is 5.69 Å². The van der Waals surface area contributed by atoms with Crippen molar-refractivity contribution in [2.75, 3.05) is 4.90 Å². The first-order valence-corrected chi connectivity index (χ1v) is 11.2. The fraction of sp³-hybridized carbons (Fsp3) is 0.458. The van der Waals surface area contributed by atoms with E-state index in [1.54, 1.807) is 17.4 Å². The van der Waals surface area contributed by atoms with Crippen molar-refractivity contribution in [3.05, 3.63) is 51.7 Å². The highest BCUT2D eigenvalue weighted by atomic mass is 32.1. The Labute approximate surface area is 184 Å². The van der Waals surface area contributed by atoms with Gasteiger partial charge < -0.3 is 14.2 Å². The molecule has 6 heteroatoms. The van der Waals surface area contributed by atoms with Crippen LogP contribution in [0, 0.1) is 0 Å². The number of benzene rings is 1. The van der Waals surface area contributed by atoms with Gasteiger partial charge in [-0.1, -0.05) is 45.6 Å². The molecule has 0 spiro atoms. The molecule has 2 aliphatic heterocycles. The van der Waals surface area contributed by atoms with Crippen LogP contribution >= 0.6 is 11.3 Å². The molecule has 2 aliphatic rings. The molecule has 0 N–H and O–H groups in total. The number of thiophene rings is 1. The van der Waals surface area contributed by atoms with Crippen LogP contribution in [0.3, 0.4) is 0 Å². The predicted octanol–water partition coefficient (Wildman–Crippen LogP) is 5.15. The van der Waals surface area contributed by atoms with Crippen molar-refractivity contribution < 1.29 is 14.1 Å². The highest BCUT2D eigenvalue weighted by Gasteiger charge is 2.52. The third-order valence-electron chi connectivity index (χ3n) is 6.43. The molecule has 0 aliphatic carbocycles. The van der Waals surface area contributed by atoms with Gasteiger partial charge in [-0.25, -0.2) is 0 Å². The van der Waals surface area contributed by atoms with Crippen LogP contribution in [0.1, 0.15) is 74.1 Å². The summed E-state index contributed by atoms with van der Waals surface area (Å²) in [6.45, 7) is 19.3. The summed E-state index contributed by atoms with van der Waals surface area (Å²) in [5.41, 5.74) is 2.93. The molecule has 0 saturated carbocycles. The smallest absolute Gasteiger partial charge is 0.399 e. The molecule has 1 aromatic carbocycles. The van der Waals surface area contributed by atoms with Crippen LogP contribution in [-0.4, -0.2) is 24.2 Å². The summed E-state index contributed by atoms with van der Waals surface area (Å²) in [4.78, 5) is 17.2. The van der Waals surface area contributed by atoms with Crippen LogP contribution in [0.25, 0.3) is 6.08 Å². The Kier molecular flexibility index (Phi) is 4.85. The molecule has 3 heterocycles. The zero-order valence-electron chi connectivity index (χ0n) is 19.0. The summed E-state index contributed by atoms with van der Waals surface area (Å²) in [5, 5.41) is 0. The first kappa shape index (κ1) is 21.4. The Hall–Kier alpha value is -1.89. The van der Waals surface area contributed by atoms with Crippen molar-refractivity contribution >= 4 is 41.6 Å². The summed E-state index contributed by atoms with van der Waals surface area (Å²) in [6, 6.07) is 8.12. The second kappa shape index (κ2) is 6.81. The quantitative estimate of drug-likeness (QED) is 0.641. The van der Waals surface area contributed by atoms with Crippen molar-refractivity contribution in [2.45, 2.75) is 71.6 Å². The number of carbonyl (C=O) groups excluding carboxylic acids is 1. The van der Waals surface area contributed by atoms with E-state index in [9.17, 15) is 4.79 Å². The Balaban J connectivity index is 1.70. The van der Waals surface area contributed by atoms with E-state index in [1.807, 2.05) is 50.8 Å². The lowest BCUT2D eigenvalue weighted by Gasteiger charge is -2.32. The number of amides is 1. The monoisotopic (exact) mass is 423 g/mol. The van der Waals surface area contributed by atoms with Crippen LogP contribution < -0.4 is 10.4 Å². The fourth-order valence-corrected chi connectivity index (χ4v) is 5.04. The minimum Gasteiger partial charge on any atom is -0.399 e. The van der Waals surface area contributed by atoms with Gasteiger partial charge in [0, 0.05) is 4.88 Å². The van der Waals surface area contributed by atoms with Gasteiger partial charge in [0.15, 0.2) is 0 Å². The van der Waals surface area contributed by atoms with Crippen LogP contribution in [0.2, 0.25) is 0 Å². The standard InChI is InChI=1S/C24H30BNO3S/c1-9-16-17(25-28-23(5,6)24(7,8)29-25)11-10-12-18(16)26-14-15-13-19(22(2,3)4)30-20(15)21(26)27/h9-13H,1,14H2,2-8H3. The van der Waals surface area contributed by atoms with Gasteiger partial charge in [-0.2, -0.15) is 0 Å². The third-order valence-corrected chi connectivity index (χ3v) is 8.03. The lowest BCUT2D eigenvalue weighted by atomic mass is 9.75. The van der Waals surface area contributed by atoms with E-state index in [-0.39, 0.29) is 11.3 Å². The van der Waals surface area contributed by atoms with Crippen molar-refractivity contribution in [3.63, 3.8) is 0 Å². The normalized spacial score (nSPS) is 20.0. The zero-order valence-corrected chi connectivity index (χ0v) is 19.8. The van der Waals surface area contributed by atoms with Gasteiger partial charge in [-0.15, -0.1) is 11.3 Å². The molecule has 4 nitrogen and oxygen atoms in total. The maximum absolute atomic E-state index is 13.3. The molecule has 30 heavy (non-hydrogen) atoms. The Morgan fingerprint density at radius 3 is 2.33 bits per heavy atom. The molecule has 1 fully saturated rings. The molecule has 1 amide bonds. The molecule has 0 bridgehead atoms. The summed E-state index contributed by atoms with van der Waals surface area (Å²) in [5.74, 6) is 0.0552. The highest BCUT2D eigenvalue weighted by Crippen LogP contribution is 2.40. The van der Waals surface area contributed by atoms with Gasteiger partial charge in [0.2, 0.25) is 0 Å². The second-order valence-corrected chi connectivity index (χ2v) is 11.2. The minimum atomic E-state index is -0.498. The number of nitrogens with zero attached hydrogens (tertiary/aromatic N) is 1. The number of hydrogen-bond acceptors (Lipinski definition) is 4. The van der Waals surface area contributed by atoms with Crippen LogP contribution in [0.15, 0.2) is 30.8 Å². The van der Waals surface area contributed by atoms with Crippen molar-refractivity contribution in [1.29, 1.82) is 0 Å². The molecule has 0 radical (unpaired) electrons. The van der Waals surface area contributed by atoms with Gasteiger partial charge in [-0.3, -0.25) is 4.79 Å². The first-order chi connectivity index (χ1) is 13.9. The lowest BCUT2D eigenvalue weighted by Crippen LogP contribution is -2.41. The van der Waals surface area contributed by atoms with Crippen LogP contribution in [-0.2, 0) is 21.3 Å². The number of carbonyl (C=O) groups is 1. The van der Waals surface area contributed by atoms with E-state index in [0.29, 0.717) is 6.54 Å². The molecule has 158 valence electrons. The van der Waals surface area contributed by atoms with Crippen molar-refractivity contribution in [3.8, 4) is 0 Å². The van der Waals surface area contributed by atoms with Crippen molar-refractivity contribution in [1.82, 2.24) is 0 Å². The van der Waals surface area contributed by atoms with Gasteiger partial charge in [-0.05, 0) is 61.8 Å². The molecule has 2 aromatic rings. The average Bonchev–Trinajstić information content (AvgIpc) is 3.25. The topological polar surface area (TPSA) is 38.8 Å². The Morgan fingerprint density at radius 1 is 1.17 bits per heavy atom. The third kappa shape index (κ3) is 3.26. The maximum Gasteiger partial charge on any atom is 0.495 e. The summed E-state index contributed by atoms with van der Waals surface area (Å²) >= 11 is 1.61. The lowest BCUT2D eigenvalue weighted by molar-refractivity contribution is 0.00578. The molecule has 1 aromatic heterocycles. The second-order valence-electron chi connectivity index (χ2n) is 10.2. The fourth-order valence-electron chi connectivity index (χ4n) is 3.86. The summed E-state index contributed by atoms with van der Waals surface area (Å²) in [6.07, 6.45) is 1.80. The SMILES string of the molecule is C=Cc1c(B2OC(C)(C)C(C)(C)O2)cccc1N1Cc2cc(C(C)(C)C)sc2C1=O. The molecule has 0 atom stereocenters. The van der Waals surface area contributed by atoms with Gasteiger partial charge in [0.25, 0.3) is 5.91 Å². The number of anilines is 1. The zero-order chi connectivity index (χ0) is 22.1. The molecule has 4 rings (SSSR count). The van der Waals surface area contributed by atoms with Gasteiger partial charge >= 0.3 is 7.12 Å². The number of fused-ring (bicyclic) bond motifs is 1. The predicted molar refractivity (Wildman–Crippen MR) is 126 cm³/mol. The highest BCUT2D eigenvalue weighted by molar-refractivity contribution is 7.14. The minimum absolute atomic E-state index is 0.0447. The van der Waals surface area contributed by atoms with E-state index in [1.165, 1.54) is 4.88 Å². The van der Waals surface area contributed by atoms with E-state index < -0.39 is 18.3 Å². The van der Waals surface area contributed by atoms with Gasteiger partial charge in [0.1, 0.15) is 0 Å². The Morgan fingerprint density at radius 2 is 1.80 bits per heavy atom. The number of rotatable bonds is 3. The van der Waals surface area contributed by atoms with E-state index in [2.05, 4.69) is 33.4 Å². The van der Waals surface area contributed by atoms with E-state index in [0.717, 1.165) is 27.2 Å². The first-order valence-electron chi connectivity index (χ1n) is 10.4. The van der Waals surface area contributed by atoms with Crippen molar-refractivity contribution in [2.24, 2.45) is 0 Å². The molecular weight excluding hydrogens is 393 g/mol. The Bertz CT molecular complexity index is 1020. The average molecular weight is 423 g/mol. The summed E-state index contributed by atoms with van der Waals surface area (Å²) in [7, 11) is -0.498. The molecule has 0 unspecified atom stereocenters. The van der Waals surface area contributed by atoms with Crippen LogP contribution in [0.5, 0.6) is 0 Å². The molecular formula is C24H30BNO3S. The number of hydrogen-bond donors (Lipinski definition) is 0. The maximum atomic E-state index is 13.3. The largest absolute Gasteiger partial charge is 0.495 e. The summed E-state index contributed by atoms with van der Waals surface area (Å²) < 4.78 is 12.5. The van der Waals surface area contributed by atoms with E-state index in [4.69, 9.17) is 9.31 Å².